The smallest absolute Gasteiger partial charge is 0.407 e. The molecule has 2 rings (SSSR count). The highest BCUT2D eigenvalue weighted by Gasteiger charge is 2.43. The minimum absolute atomic E-state index is 0.0351. The molecule has 0 radical (unpaired) electrons. The van der Waals surface area contributed by atoms with Crippen LogP contribution in [0, 0.1) is 5.92 Å². The summed E-state index contributed by atoms with van der Waals surface area (Å²) in [6.45, 7) is 6.64. The number of nitrogens with one attached hydrogen (secondary N) is 2. The van der Waals surface area contributed by atoms with E-state index in [0.717, 1.165) is 29.5 Å². The summed E-state index contributed by atoms with van der Waals surface area (Å²) < 4.78 is 5.29. The molecule has 0 saturated heterocycles. The van der Waals surface area contributed by atoms with E-state index in [1.165, 1.54) is 0 Å². The van der Waals surface area contributed by atoms with Crippen molar-refractivity contribution in [1.29, 1.82) is 0 Å². The average molecular weight is 512 g/mol. The summed E-state index contributed by atoms with van der Waals surface area (Å²) in [5.41, 5.74) is 6.98. The van der Waals surface area contributed by atoms with E-state index >= 15 is 0 Å². The topological polar surface area (TPSA) is 131 Å². The predicted molar refractivity (Wildman–Crippen MR) is 145 cm³/mol. The Kier molecular flexibility index (Phi) is 11.3. The predicted octanol–water partition coefficient (Wildman–Crippen LogP) is 3.95. The largest absolute Gasteiger partial charge is 0.444 e. The fraction of sp³-hybridized carbons (Fsp3) is 0.483. The van der Waals surface area contributed by atoms with E-state index in [1.807, 2.05) is 61.5 Å². The molecular weight excluding hydrogens is 470 g/mol. The first-order valence-electron chi connectivity index (χ1n) is 12.8. The molecule has 0 bridgehead atoms. The number of benzene rings is 2. The Morgan fingerprint density at radius 1 is 1.00 bits per heavy atom. The number of rotatable bonds is 12. The summed E-state index contributed by atoms with van der Waals surface area (Å²) in [7, 11) is 0. The average Bonchev–Trinajstić information content (AvgIpc) is 2.84. The SMILES string of the molecule is CCCCCC(=O)NC(=O)[C@@](N)(Cc1ccccc1-c1ccccc1)C(CO)CNC(=O)OC(C)(C)C. The maximum atomic E-state index is 13.5. The van der Waals surface area contributed by atoms with E-state index < -0.39 is 41.6 Å². The lowest BCUT2D eigenvalue weighted by Crippen LogP contribution is -2.64. The maximum absolute atomic E-state index is 13.5. The van der Waals surface area contributed by atoms with Gasteiger partial charge < -0.3 is 20.9 Å². The van der Waals surface area contributed by atoms with Crippen LogP contribution in [0.25, 0.3) is 11.1 Å². The summed E-state index contributed by atoms with van der Waals surface area (Å²) in [4.78, 5) is 38.3. The van der Waals surface area contributed by atoms with Crippen LogP contribution in [0.1, 0.15) is 58.9 Å². The molecular formula is C29H41N3O5. The molecule has 2 aromatic rings. The fourth-order valence-corrected chi connectivity index (χ4v) is 4.07. The number of alkyl carbamates (subject to hydrolysis) is 1. The first kappa shape index (κ1) is 30.0. The number of ether oxygens (including phenoxy) is 1. The second-order valence-electron chi connectivity index (χ2n) is 10.3. The van der Waals surface area contributed by atoms with Crippen LogP contribution < -0.4 is 16.4 Å². The van der Waals surface area contributed by atoms with Gasteiger partial charge in [0.15, 0.2) is 0 Å². The first-order valence-corrected chi connectivity index (χ1v) is 12.8. The van der Waals surface area contributed by atoms with Crippen molar-refractivity contribution in [1.82, 2.24) is 10.6 Å². The van der Waals surface area contributed by atoms with Gasteiger partial charge in [-0.1, -0.05) is 74.4 Å². The van der Waals surface area contributed by atoms with Crippen LogP contribution in [0.3, 0.4) is 0 Å². The van der Waals surface area contributed by atoms with Gasteiger partial charge in [0.25, 0.3) is 0 Å². The van der Waals surface area contributed by atoms with E-state index in [-0.39, 0.29) is 19.4 Å². The third-order valence-corrected chi connectivity index (χ3v) is 6.11. The van der Waals surface area contributed by atoms with Gasteiger partial charge in [-0.15, -0.1) is 0 Å². The quantitative estimate of drug-likeness (QED) is 0.319. The number of hydrogen-bond donors (Lipinski definition) is 4. The Labute approximate surface area is 220 Å². The maximum Gasteiger partial charge on any atom is 0.407 e. The van der Waals surface area contributed by atoms with Crippen molar-refractivity contribution < 1.29 is 24.2 Å². The lowest BCUT2D eigenvalue weighted by atomic mass is 9.77. The Morgan fingerprint density at radius 3 is 2.27 bits per heavy atom. The molecule has 37 heavy (non-hydrogen) atoms. The molecule has 0 saturated carbocycles. The molecule has 1 unspecified atom stereocenters. The van der Waals surface area contributed by atoms with Crippen molar-refractivity contribution in [3.63, 3.8) is 0 Å². The second-order valence-corrected chi connectivity index (χ2v) is 10.3. The minimum atomic E-state index is -1.70. The van der Waals surface area contributed by atoms with Gasteiger partial charge in [0.2, 0.25) is 11.8 Å². The van der Waals surface area contributed by atoms with Gasteiger partial charge in [0.1, 0.15) is 11.1 Å². The summed E-state index contributed by atoms with van der Waals surface area (Å²) in [5.74, 6) is -2.00. The van der Waals surface area contributed by atoms with Crippen molar-refractivity contribution in [2.24, 2.45) is 11.7 Å². The number of imide groups is 1. The molecule has 2 aromatic carbocycles. The highest BCUT2D eigenvalue weighted by molar-refractivity contribution is 6.00. The molecule has 0 aliphatic rings. The highest BCUT2D eigenvalue weighted by atomic mass is 16.6. The molecule has 5 N–H and O–H groups in total. The van der Waals surface area contributed by atoms with Crippen LogP contribution in [-0.2, 0) is 20.7 Å². The summed E-state index contributed by atoms with van der Waals surface area (Å²) >= 11 is 0. The second kappa shape index (κ2) is 13.9. The Morgan fingerprint density at radius 2 is 1.65 bits per heavy atom. The molecule has 0 spiro atoms. The van der Waals surface area contributed by atoms with E-state index in [4.69, 9.17) is 10.5 Å². The lowest BCUT2D eigenvalue weighted by Gasteiger charge is -2.36. The van der Waals surface area contributed by atoms with Crippen LogP contribution in [-0.4, -0.2) is 47.3 Å². The van der Waals surface area contributed by atoms with Gasteiger partial charge in [0.05, 0.1) is 0 Å². The number of nitrogens with two attached hydrogens (primary N) is 1. The van der Waals surface area contributed by atoms with E-state index in [0.29, 0.717) is 6.42 Å². The van der Waals surface area contributed by atoms with Gasteiger partial charge in [-0.25, -0.2) is 4.79 Å². The molecule has 202 valence electrons. The number of aliphatic hydroxyl groups is 1. The lowest BCUT2D eigenvalue weighted by molar-refractivity contribution is -0.135. The fourth-order valence-electron chi connectivity index (χ4n) is 4.07. The van der Waals surface area contributed by atoms with Gasteiger partial charge in [-0.3, -0.25) is 14.9 Å². The third kappa shape index (κ3) is 9.30. The number of carbonyl (C=O) groups is 3. The number of aliphatic hydroxyl groups excluding tert-OH is 1. The summed E-state index contributed by atoms with van der Waals surface area (Å²) in [6, 6.07) is 17.2. The molecule has 3 amide bonds. The Balaban J connectivity index is 2.37. The molecule has 0 fully saturated rings. The molecule has 0 aliphatic heterocycles. The first-order chi connectivity index (χ1) is 17.5. The monoisotopic (exact) mass is 511 g/mol. The zero-order valence-corrected chi connectivity index (χ0v) is 22.4. The van der Waals surface area contributed by atoms with Gasteiger partial charge in [0, 0.05) is 31.9 Å². The van der Waals surface area contributed by atoms with Crippen molar-refractivity contribution in [3.05, 3.63) is 60.2 Å². The van der Waals surface area contributed by atoms with E-state index in [9.17, 15) is 19.5 Å². The van der Waals surface area contributed by atoms with Crippen LogP contribution in [0.2, 0.25) is 0 Å². The molecule has 8 heteroatoms. The van der Waals surface area contributed by atoms with Gasteiger partial charge in [-0.05, 0) is 43.9 Å². The highest BCUT2D eigenvalue weighted by Crippen LogP contribution is 2.29. The van der Waals surface area contributed by atoms with Crippen LogP contribution in [0.15, 0.2) is 54.6 Å². The molecule has 0 aliphatic carbocycles. The van der Waals surface area contributed by atoms with Crippen LogP contribution in [0.5, 0.6) is 0 Å². The van der Waals surface area contributed by atoms with Gasteiger partial charge in [-0.2, -0.15) is 0 Å². The molecule has 0 aromatic heterocycles. The van der Waals surface area contributed by atoms with E-state index in [1.54, 1.807) is 20.8 Å². The van der Waals surface area contributed by atoms with Crippen molar-refractivity contribution in [3.8, 4) is 11.1 Å². The zero-order chi connectivity index (χ0) is 27.5. The Hall–Kier alpha value is -3.23. The molecule has 0 heterocycles. The number of carbonyl (C=O) groups excluding carboxylic acids is 3. The van der Waals surface area contributed by atoms with E-state index in [2.05, 4.69) is 10.6 Å². The zero-order valence-electron chi connectivity index (χ0n) is 22.4. The van der Waals surface area contributed by atoms with Crippen molar-refractivity contribution >= 4 is 17.9 Å². The number of amides is 3. The molecule has 8 nitrogen and oxygen atoms in total. The normalized spacial score (nSPS) is 13.8. The van der Waals surface area contributed by atoms with Crippen molar-refractivity contribution in [2.45, 2.75) is 70.9 Å². The number of unbranched alkanes of at least 4 members (excludes halogenated alkanes) is 2. The number of hydrogen-bond acceptors (Lipinski definition) is 6. The third-order valence-electron chi connectivity index (χ3n) is 6.11. The van der Waals surface area contributed by atoms with Crippen molar-refractivity contribution in [2.75, 3.05) is 13.2 Å². The minimum Gasteiger partial charge on any atom is -0.444 e. The summed E-state index contributed by atoms with van der Waals surface area (Å²) in [5, 5.41) is 15.3. The van der Waals surface area contributed by atoms with Crippen LogP contribution in [0.4, 0.5) is 4.79 Å². The standard InChI is InChI=1S/C29H41N3O5/c1-5-6-8-17-25(34)32-26(35)29(30,23(20-33)19-31-27(36)37-28(2,3)4)18-22-15-11-12-16-24(22)21-13-9-7-10-14-21/h7,9-16,23,33H,5-6,8,17-20,30H2,1-4H3,(H,31,36)(H,32,34,35)/t23?,29-/m1/s1. The van der Waals surface area contributed by atoms with Gasteiger partial charge >= 0.3 is 6.09 Å². The van der Waals surface area contributed by atoms with Crippen LogP contribution >= 0.6 is 0 Å². The molecule has 2 atom stereocenters. The Bertz CT molecular complexity index is 1040. The summed E-state index contributed by atoms with van der Waals surface area (Å²) in [6.07, 6.45) is 2.03.